The molecule has 0 spiro atoms. The molecular formula is C28H34N8O2. The van der Waals surface area contributed by atoms with Crippen molar-refractivity contribution in [2.75, 3.05) is 36.9 Å². The SMILES string of the molecule is CC(O)c1cc2cnc(Nc3ccc4c(n3)CCN(C(=O)C3CN(C)C3)C4)nc2c(N2C3CCC2CC3)n1. The standard InChI is InChI=1S/C28H34N8O2/c1-16(37)23-11-18-12-29-28(33-25(18)26(31-23)36-20-4-5-21(36)7-6-20)32-24-8-3-17-15-35(10-9-22(17)30-24)27(38)19-13-34(2)14-19/h3,8,11-12,16,19-21,37H,4-7,9-10,13-15H2,1-2H3,(H,29,30,32,33). The molecule has 7 rings (SSSR count). The molecule has 10 heteroatoms. The Labute approximate surface area is 222 Å². The number of hydrogen-bond donors (Lipinski definition) is 2. The van der Waals surface area contributed by atoms with E-state index in [2.05, 4.69) is 26.2 Å². The summed E-state index contributed by atoms with van der Waals surface area (Å²) in [7, 11) is 2.05. The third kappa shape index (κ3) is 4.06. The van der Waals surface area contributed by atoms with Crippen LogP contribution in [0.5, 0.6) is 0 Å². The van der Waals surface area contributed by atoms with Crippen molar-refractivity contribution in [2.45, 2.75) is 63.8 Å². The fourth-order valence-electron chi connectivity index (χ4n) is 6.66. The summed E-state index contributed by atoms with van der Waals surface area (Å²) in [5.74, 6) is 2.42. The zero-order valence-electron chi connectivity index (χ0n) is 22.0. The number of aliphatic hydroxyl groups excluding tert-OH is 1. The highest BCUT2D eigenvalue weighted by molar-refractivity contribution is 5.90. The second-order valence-electron chi connectivity index (χ2n) is 11.4. The van der Waals surface area contributed by atoms with Crippen molar-refractivity contribution < 1.29 is 9.90 Å². The van der Waals surface area contributed by atoms with Gasteiger partial charge >= 0.3 is 0 Å². The molecule has 1 atom stereocenters. The molecule has 4 aliphatic heterocycles. The second-order valence-corrected chi connectivity index (χ2v) is 11.4. The predicted molar refractivity (Wildman–Crippen MR) is 144 cm³/mol. The maximum Gasteiger partial charge on any atom is 0.229 e. The van der Waals surface area contributed by atoms with Gasteiger partial charge in [-0.3, -0.25) is 4.79 Å². The number of nitrogens with one attached hydrogen (secondary N) is 1. The van der Waals surface area contributed by atoms with E-state index in [0.717, 1.165) is 47.5 Å². The molecule has 3 saturated heterocycles. The molecule has 2 bridgehead atoms. The normalized spacial score (nSPS) is 24.0. The minimum absolute atomic E-state index is 0.132. The first-order chi connectivity index (χ1) is 18.4. The van der Waals surface area contributed by atoms with E-state index in [1.165, 1.54) is 25.7 Å². The monoisotopic (exact) mass is 514 g/mol. The summed E-state index contributed by atoms with van der Waals surface area (Å²) in [6.07, 6.45) is 6.62. The van der Waals surface area contributed by atoms with Gasteiger partial charge in [0.25, 0.3) is 0 Å². The Bertz CT molecular complexity index is 1390. The van der Waals surface area contributed by atoms with Crippen LogP contribution >= 0.6 is 0 Å². The molecule has 2 N–H and O–H groups in total. The van der Waals surface area contributed by atoms with Crippen molar-refractivity contribution >= 4 is 34.4 Å². The molecule has 1 unspecified atom stereocenters. The van der Waals surface area contributed by atoms with Crippen LogP contribution in [-0.4, -0.2) is 79.5 Å². The van der Waals surface area contributed by atoms with Gasteiger partial charge in [-0.25, -0.2) is 19.9 Å². The second kappa shape index (κ2) is 9.13. The Hall–Kier alpha value is -3.37. The Morgan fingerprint density at radius 2 is 1.87 bits per heavy atom. The van der Waals surface area contributed by atoms with Crippen LogP contribution in [0.4, 0.5) is 17.6 Å². The van der Waals surface area contributed by atoms with Crippen molar-refractivity contribution in [2.24, 2.45) is 5.92 Å². The molecule has 7 heterocycles. The summed E-state index contributed by atoms with van der Waals surface area (Å²) in [6.45, 7) is 4.77. The molecule has 1 amide bonds. The number of carbonyl (C=O) groups is 1. The zero-order chi connectivity index (χ0) is 26.0. The maximum absolute atomic E-state index is 12.8. The van der Waals surface area contributed by atoms with Crippen molar-refractivity contribution in [1.29, 1.82) is 0 Å². The number of likely N-dealkylation sites (tertiary alicyclic amines) is 1. The molecule has 198 valence electrons. The number of aromatic nitrogens is 4. The average Bonchev–Trinajstić information content (AvgIpc) is 3.50. The quantitative estimate of drug-likeness (QED) is 0.531. The first-order valence-electron chi connectivity index (χ1n) is 13.8. The molecule has 4 aliphatic rings. The molecule has 0 aromatic carbocycles. The maximum atomic E-state index is 12.8. The average molecular weight is 515 g/mol. The molecule has 0 saturated carbocycles. The predicted octanol–water partition coefficient (Wildman–Crippen LogP) is 2.79. The van der Waals surface area contributed by atoms with Crippen LogP contribution in [0.15, 0.2) is 24.4 Å². The lowest BCUT2D eigenvalue weighted by Crippen LogP contribution is -2.53. The van der Waals surface area contributed by atoms with E-state index < -0.39 is 6.10 Å². The van der Waals surface area contributed by atoms with Crippen LogP contribution < -0.4 is 10.2 Å². The van der Waals surface area contributed by atoms with Gasteiger partial charge in [0.15, 0.2) is 5.82 Å². The lowest BCUT2D eigenvalue weighted by Gasteiger charge is -2.39. The third-order valence-corrected chi connectivity index (χ3v) is 8.71. The Morgan fingerprint density at radius 3 is 2.58 bits per heavy atom. The Kier molecular flexibility index (Phi) is 5.70. The topological polar surface area (TPSA) is 111 Å². The van der Waals surface area contributed by atoms with Crippen LogP contribution in [0, 0.1) is 5.92 Å². The lowest BCUT2D eigenvalue weighted by atomic mass is 9.97. The smallest absolute Gasteiger partial charge is 0.229 e. The largest absolute Gasteiger partial charge is 0.387 e. The number of rotatable bonds is 5. The van der Waals surface area contributed by atoms with Crippen LogP contribution in [0.1, 0.15) is 55.7 Å². The molecule has 38 heavy (non-hydrogen) atoms. The highest BCUT2D eigenvalue weighted by atomic mass is 16.3. The minimum atomic E-state index is -0.655. The van der Waals surface area contributed by atoms with Crippen molar-refractivity contribution in [3.8, 4) is 0 Å². The number of amides is 1. The summed E-state index contributed by atoms with van der Waals surface area (Å²) in [4.78, 5) is 38.6. The first kappa shape index (κ1) is 23.7. The number of nitrogens with zero attached hydrogens (tertiary/aromatic N) is 7. The summed E-state index contributed by atoms with van der Waals surface area (Å²) in [5, 5.41) is 14.5. The summed E-state index contributed by atoms with van der Waals surface area (Å²) in [5.41, 5.74) is 3.57. The molecule has 0 aliphatic carbocycles. The molecule has 3 aromatic heterocycles. The van der Waals surface area contributed by atoms with Gasteiger partial charge in [-0.15, -0.1) is 0 Å². The minimum Gasteiger partial charge on any atom is -0.387 e. The lowest BCUT2D eigenvalue weighted by molar-refractivity contribution is -0.141. The first-order valence-corrected chi connectivity index (χ1v) is 13.8. The molecule has 3 aromatic rings. The highest BCUT2D eigenvalue weighted by Crippen LogP contribution is 2.42. The Balaban J connectivity index is 1.14. The molecular weight excluding hydrogens is 480 g/mol. The summed E-state index contributed by atoms with van der Waals surface area (Å²) in [6, 6.07) is 6.86. The van der Waals surface area contributed by atoms with Gasteiger partial charge in [0.1, 0.15) is 11.3 Å². The number of anilines is 3. The zero-order valence-corrected chi connectivity index (χ0v) is 22.0. The molecule has 3 fully saturated rings. The Morgan fingerprint density at radius 1 is 1.11 bits per heavy atom. The van der Waals surface area contributed by atoms with Gasteiger partial charge in [-0.05, 0) is 57.4 Å². The van der Waals surface area contributed by atoms with Crippen LogP contribution in [0.2, 0.25) is 0 Å². The number of pyridine rings is 2. The molecule has 10 nitrogen and oxygen atoms in total. The highest BCUT2D eigenvalue weighted by Gasteiger charge is 2.41. The van der Waals surface area contributed by atoms with Crippen LogP contribution in [-0.2, 0) is 17.8 Å². The van der Waals surface area contributed by atoms with Crippen molar-refractivity contribution in [1.82, 2.24) is 29.7 Å². The number of hydrogen-bond acceptors (Lipinski definition) is 9. The van der Waals surface area contributed by atoms with Gasteiger partial charge in [0.05, 0.1) is 17.7 Å². The van der Waals surface area contributed by atoms with Gasteiger partial charge in [0, 0.05) is 62.0 Å². The number of fused-ring (bicyclic) bond motifs is 4. The van der Waals surface area contributed by atoms with Crippen molar-refractivity contribution in [3.05, 3.63) is 41.3 Å². The summed E-state index contributed by atoms with van der Waals surface area (Å²) < 4.78 is 0. The summed E-state index contributed by atoms with van der Waals surface area (Å²) >= 11 is 0. The van der Waals surface area contributed by atoms with Crippen LogP contribution in [0.3, 0.4) is 0 Å². The van der Waals surface area contributed by atoms with E-state index >= 15 is 0 Å². The van der Waals surface area contributed by atoms with E-state index in [-0.39, 0.29) is 11.8 Å². The van der Waals surface area contributed by atoms with E-state index in [9.17, 15) is 9.90 Å². The van der Waals surface area contributed by atoms with E-state index in [0.29, 0.717) is 42.6 Å². The van der Waals surface area contributed by atoms with E-state index in [4.69, 9.17) is 15.0 Å². The number of carbonyl (C=O) groups excluding carboxylic acids is 1. The third-order valence-electron chi connectivity index (χ3n) is 8.71. The van der Waals surface area contributed by atoms with Gasteiger partial charge in [0.2, 0.25) is 11.9 Å². The van der Waals surface area contributed by atoms with Gasteiger partial charge in [-0.1, -0.05) is 6.07 Å². The van der Waals surface area contributed by atoms with E-state index in [1.807, 2.05) is 24.1 Å². The fraction of sp³-hybridized carbons (Fsp3) is 0.536. The van der Waals surface area contributed by atoms with E-state index in [1.54, 1.807) is 13.1 Å². The fourth-order valence-corrected chi connectivity index (χ4v) is 6.66. The molecule has 0 radical (unpaired) electrons. The van der Waals surface area contributed by atoms with Gasteiger partial charge < -0.3 is 25.1 Å². The van der Waals surface area contributed by atoms with Gasteiger partial charge in [-0.2, -0.15) is 0 Å². The van der Waals surface area contributed by atoms with Crippen molar-refractivity contribution in [3.63, 3.8) is 0 Å². The van der Waals surface area contributed by atoms with Crippen LogP contribution in [0.25, 0.3) is 10.9 Å². The number of aliphatic hydroxyl groups is 1.